The minimum atomic E-state index is -0.172. The molecule has 0 saturated carbocycles. The van der Waals surface area contributed by atoms with E-state index in [1.54, 1.807) is 6.20 Å². The Morgan fingerprint density at radius 3 is 2.23 bits per heavy atom. The third-order valence-electron chi connectivity index (χ3n) is 3.80. The molecule has 4 rings (SSSR count). The van der Waals surface area contributed by atoms with Crippen LogP contribution in [-0.2, 0) is 0 Å². The molecule has 1 N–H and O–H groups in total. The first kappa shape index (κ1) is 16.2. The summed E-state index contributed by atoms with van der Waals surface area (Å²) < 4.78 is 0. The molecule has 2 heterocycles. The highest BCUT2D eigenvalue weighted by molar-refractivity contribution is 7.17. The van der Waals surface area contributed by atoms with Gasteiger partial charge in [0.05, 0.1) is 11.4 Å². The number of rotatable bonds is 4. The molecule has 5 heteroatoms. The molecule has 0 saturated heterocycles. The predicted octanol–water partition coefficient (Wildman–Crippen LogP) is 5.12. The largest absolute Gasteiger partial charge is 0.321 e. The minimum Gasteiger partial charge on any atom is -0.321 e. The molecule has 0 radical (unpaired) electrons. The van der Waals surface area contributed by atoms with Crippen LogP contribution in [0, 0.1) is 0 Å². The van der Waals surface area contributed by atoms with E-state index in [9.17, 15) is 4.79 Å². The Bertz CT molecular complexity index is 1020. The number of benzene rings is 2. The number of anilines is 1. The quantitative estimate of drug-likeness (QED) is 0.551. The molecule has 0 unspecified atom stereocenters. The SMILES string of the molecule is O=C(Nc1ccccc1)c1sc(-c2ccccn2)nc1-c1ccccc1. The molecule has 4 nitrogen and oxygen atoms in total. The number of nitrogens with zero attached hydrogens (tertiary/aromatic N) is 2. The first-order valence-electron chi connectivity index (χ1n) is 8.15. The van der Waals surface area contributed by atoms with E-state index in [1.807, 2.05) is 78.9 Å². The Labute approximate surface area is 155 Å². The fraction of sp³-hybridized carbons (Fsp3) is 0. The van der Waals surface area contributed by atoms with Crippen LogP contribution in [0.4, 0.5) is 5.69 Å². The van der Waals surface area contributed by atoms with Gasteiger partial charge in [-0.1, -0.05) is 54.6 Å². The van der Waals surface area contributed by atoms with Crippen LogP contribution >= 0.6 is 11.3 Å². The number of aromatic nitrogens is 2. The van der Waals surface area contributed by atoms with Crippen molar-refractivity contribution in [2.24, 2.45) is 0 Å². The summed E-state index contributed by atoms with van der Waals surface area (Å²) in [4.78, 5) is 22.5. The highest BCUT2D eigenvalue weighted by atomic mass is 32.1. The van der Waals surface area contributed by atoms with Gasteiger partial charge in [0.2, 0.25) is 0 Å². The zero-order chi connectivity index (χ0) is 17.8. The van der Waals surface area contributed by atoms with E-state index in [0.29, 0.717) is 10.6 Å². The molecule has 2 aromatic carbocycles. The minimum absolute atomic E-state index is 0.172. The van der Waals surface area contributed by atoms with Gasteiger partial charge in [0.25, 0.3) is 5.91 Å². The van der Waals surface area contributed by atoms with Crippen molar-refractivity contribution in [1.29, 1.82) is 0 Å². The van der Waals surface area contributed by atoms with E-state index in [1.165, 1.54) is 11.3 Å². The smallest absolute Gasteiger partial charge is 0.268 e. The van der Waals surface area contributed by atoms with Gasteiger partial charge in [-0.05, 0) is 24.3 Å². The van der Waals surface area contributed by atoms with Crippen molar-refractivity contribution in [1.82, 2.24) is 9.97 Å². The summed E-state index contributed by atoms with van der Waals surface area (Å²) in [7, 11) is 0. The van der Waals surface area contributed by atoms with Crippen LogP contribution in [0.2, 0.25) is 0 Å². The van der Waals surface area contributed by atoms with Gasteiger partial charge in [-0.3, -0.25) is 9.78 Å². The third-order valence-corrected chi connectivity index (χ3v) is 4.87. The van der Waals surface area contributed by atoms with Gasteiger partial charge in [-0.2, -0.15) is 0 Å². The van der Waals surface area contributed by atoms with Gasteiger partial charge in [0, 0.05) is 17.4 Å². The van der Waals surface area contributed by atoms with Crippen molar-refractivity contribution >= 4 is 22.9 Å². The molecule has 1 amide bonds. The van der Waals surface area contributed by atoms with Crippen LogP contribution in [0.5, 0.6) is 0 Å². The second-order valence-corrected chi connectivity index (χ2v) is 6.60. The van der Waals surface area contributed by atoms with Crippen LogP contribution in [0.25, 0.3) is 22.0 Å². The number of pyridine rings is 1. The third kappa shape index (κ3) is 3.38. The average molecular weight is 357 g/mol. The number of carbonyl (C=O) groups excluding carboxylic acids is 1. The molecule has 26 heavy (non-hydrogen) atoms. The van der Waals surface area contributed by atoms with E-state index in [4.69, 9.17) is 4.98 Å². The fourth-order valence-electron chi connectivity index (χ4n) is 2.57. The van der Waals surface area contributed by atoms with Crippen molar-refractivity contribution in [2.45, 2.75) is 0 Å². The number of para-hydroxylation sites is 1. The van der Waals surface area contributed by atoms with Gasteiger partial charge in [-0.15, -0.1) is 11.3 Å². The van der Waals surface area contributed by atoms with Crippen molar-refractivity contribution in [3.63, 3.8) is 0 Å². The lowest BCUT2D eigenvalue weighted by molar-refractivity contribution is 0.103. The van der Waals surface area contributed by atoms with E-state index >= 15 is 0 Å². The molecule has 0 aliphatic carbocycles. The molecular weight excluding hydrogens is 342 g/mol. The number of nitrogens with one attached hydrogen (secondary N) is 1. The zero-order valence-corrected chi connectivity index (χ0v) is 14.6. The van der Waals surface area contributed by atoms with Crippen LogP contribution in [0.1, 0.15) is 9.67 Å². The maximum Gasteiger partial charge on any atom is 0.268 e. The normalized spacial score (nSPS) is 10.5. The molecule has 0 aliphatic heterocycles. The summed E-state index contributed by atoms with van der Waals surface area (Å²) in [5.41, 5.74) is 3.09. The van der Waals surface area contributed by atoms with E-state index in [2.05, 4.69) is 10.3 Å². The Morgan fingerprint density at radius 2 is 1.54 bits per heavy atom. The van der Waals surface area contributed by atoms with E-state index in [-0.39, 0.29) is 5.91 Å². The summed E-state index contributed by atoms with van der Waals surface area (Å²) in [6.07, 6.45) is 1.72. The Hall–Kier alpha value is -3.31. The summed E-state index contributed by atoms with van der Waals surface area (Å²) in [6.45, 7) is 0. The Kier molecular flexibility index (Phi) is 4.53. The van der Waals surface area contributed by atoms with Crippen molar-refractivity contribution < 1.29 is 4.79 Å². The zero-order valence-electron chi connectivity index (χ0n) is 13.8. The van der Waals surface area contributed by atoms with Crippen molar-refractivity contribution in [3.05, 3.63) is 89.9 Å². The molecular formula is C21H15N3OS. The fourth-order valence-corrected chi connectivity index (χ4v) is 3.53. The van der Waals surface area contributed by atoms with Gasteiger partial charge >= 0.3 is 0 Å². The van der Waals surface area contributed by atoms with Crippen LogP contribution in [0.3, 0.4) is 0 Å². The molecule has 0 aliphatic rings. The number of amides is 1. The van der Waals surface area contributed by atoms with Crippen LogP contribution < -0.4 is 5.32 Å². The van der Waals surface area contributed by atoms with Gasteiger partial charge in [0.1, 0.15) is 9.88 Å². The molecule has 0 fully saturated rings. The van der Waals surface area contributed by atoms with Crippen molar-refractivity contribution in [2.75, 3.05) is 5.32 Å². The molecule has 0 atom stereocenters. The van der Waals surface area contributed by atoms with E-state index < -0.39 is 0 Å². The Morgan fingerprint density at radius 1 is 0.846 bits per heavy atom. The Balaban J connectivity index is 1.77. The predicted molar refractivity (Wildman–Crippen MR) is 105 cm³/mol. The number of carbonyl (C=O) groups is 1. The first-order chi connectivity index (χ1) is 12.8. The number of hydrogen-bond donors (Lipinski definition) is 1. The summed E-state index contributed by atoms with van der Waals surface area (Å²) in [5.74, 6) is -0.172. The van der Waals surface area contributed by atoms with Crippen LogP contribution in [-0.4, -0.2) is 15.9 Å². The molecule has 4 aromatic rings. The lowest BCUT2D eigenvalue weighted by atomic mass is 10.1. The summed E-state index contributed by atoms with van der Waals surface area (Å²) in [6, 6.07) is 24.8. The lowest BCUT2D eigenvalue weighted by Crippen LogP contribution is -2.11. The average Bonchev–Trinajstić information content (AvgIpc) is 3.16. The summed E-state index contributed by atoms with van der Waals surface area (Å²) in [5, 5.41) is 3.67. The number of thiazole rings is 1. The van der Waals surface area contributed by atoms with Crippen LogP contribution in [0.15, 0.2) is 85.1 Å². The van der Waals surface area contributed by atoms with E-state index in [0.717, 1.165) is 22.0 Å². The molecule has 0 bridgehead atoms. The van der Waals surface area contributed by atoms with Gasteiger partial charge in [0.15, 0.2) is 0 Å². The summed E-state index contributed by atoms with van der Waals surface area (Å²) >= 11 is 1.35. The first-order valence-corrected chi connectivity index (χ1v) is 8.97. The van der Waals surface area contributed by atoms with Gasteiger partial charge in [-0.25, -0.2) is 4.98 Å². The number of hydrogen-bond acceptors (Lipinski definition) is 4. The maximum atomic E-state index is 12.9. The second kappa shape index (κ2) is 7.29. The molecule has 2 aromatic heterocycles. The topological polar surface area (TPSA) is 54.9 Å². The highest BCUT2D eigenvalue weighted by Gasteiger charge is 2.20. The maximum absolute atomic E-state index is 12.9. The highest BCUT2D eigenvalue weighted by Crippen LogP contribution is 2.33. The molecule has 126 valence electrons. The second-order valence-electron chi connectivity index (χ2n) is 5.60. The monoisotopic (exact) mass is 357 g/mol. The molecule has 0 spiro atoms. The standard InChI is InChI=1S/C21H15N3OS/c25-20(23-16-11-5-2-6-12-16)19-18(15-9-3-1-4-10-15)24-21(26-19)17-13-7-8-14-22-17/h1-14H,(H,23,25). The van der Waals surface area contributed by atoms with Gasteiger partial charge < -0.3 is 5.32 Å². The lowest BCUT2D eigenvalue weighted by Gasteiger charge is -2.05. The van der Waals surface area contributed by atoms with Crippen molar-refractivity contribution in [3.8, 4) is 22.0 Å².